The van der Waals surface area contributed by atoms with Crippen molar-refractivity contribution < 1.29 is 8.42 Å². The van der Waals surface area contributed by atoms with E-state index in [1.54, 1.807) is 12.1 Å². The van der Waals surface area contributed by atoms with E-state index in [-0.39, 0.29) is 6.04 Å². The number of rotatable bonds is 6. The zero-order chi connectivity index (χ0) is 13.8. The van der Waals surface area contributed by atoms with Gasteiger partial charge in [-0.15, -0.1) is 0 Å². The lowest BCUT2D eigenvalue weighted by Crippen LogP contribution is -2.34. The highest BCUT2D eigenvalue weighted by atomic mass is 79.9. The number of sulfonamides is 1. The lowest BCUT2D eigenvalue weighted by molar-refractivity contribution is 0.512. The van der Waals surface area contributed by atoms with Crippen LogP contribution < -0.4 is 4.72 Å². The van der Waals surface area contributed by atoms with Crippen LogP contribution in [0.1, 0.15) is 38.7 Å². The van der Waals surface area contributed by atoms with Crippen LogP contribution in [0.25, 0.3) is 0 Å². The molecule has 1 aromatic carbocycles. The summed E-state index contributed by atoms with van der Waals surface area (Å²) < 4.78 is 28.2. The molecule has 0 amide bonds. The van der Waals surface area contributed by atoms with E-state index in [1.807, 2.05) is 19.9 Å². The fourth-order valence-electron chi connectivity index (χ4n) is 1.84. The number of benzene rings is 1. The first-order chi connectivity index (χ1) is 8.40. The maximum atomic E-state index is 12.3. The molecule has 0 spiro atoms. The summed E-state index contributed by atoms with van der Waals surface area (Å²) in [5.41, 5.74) is 0.761. The molecule has 1 atom stereocenters. The van der Waals surface area contributed by atoms with Gasteiger partial charge in [0.05, 0.1) is 4.90 Å². The molecule has 3 nitrogen and oxygen atoms in total. The number of hydrogen-bond acceptors (Lipinski definition) is 2. The Morgan fingerprint density at radius 1 is 1.33 bits per heavy atom. The molecule has 0 bridgehead atoms. The van der Waals surface area contributed by atoms with Crippen LogP contribution in [0.15, 0.2) is 27.6 Å². The van der Waals surface area contributed by atoms with Crippen molar-refractivity contribution in [2.24, 2.45) is 0 Å². The molecule has 0 aliphatic carbocycles. The van der Waals surface area contributed by atoms with Gasteiger partial charge in [-0.1, -0.05) is 42.3 Å². The normalized spacial score (nSPS) is 13.6. The van der Waals surface area contributed by atoms with Crippen molar-refractivity contribution in [2.75, 3.05) is 0 Å². The molecule has 18 heavy (non-hydrogen) atoms. The molecule has 1 unspecified atom stereocenters. The smallest absolute Gasteiger partial charge is 0.208 e. The summed E-state index contributed by atoms with van der Waals surface area (Å²) in [5, 5.41) is 0. The summed E-state index contributed by atoms with van der Waals surface area (Å²) >= 11 is 3.31. The molecule has 102 valence electrons. The lowest BCUT2D eigenvalue weighted by Gasteiger charge is -2.17. The SMILES string of the molecule is CCCC(CC)NS(=O)(=O)c1cc(Br)ccc1C. The van der Waals surface area contributed by atoms with Gasteiger partial charge in [-0.3, -0.25) is 0 Å². The van der Waals surface area contributed by atoms with Crippen molar-refractivity contribution >= 4 is 26.0 Å². The summed E-state index contributed by atoms with van der Waals surface area (Å²) in [6.07, 6.45) is 2.64. The number of halogens is 1. The van der Waals surface area contributed by atoms with E-state index in [1.165, 1.54) is 0 Å². The van der Waals surface area contributed by atoms with Crippen LogP contribution >= 0.6 is 15.9 Å². The van der Waals surface area contributed by atoms with E-state index >= 15 is 0 Å². The second-order valence-corrected chi connectivity index (χ2v) is 7.02. The molecule has 5 heteroatoms. The maximum absolute atomic E-state index is 12.3. The van der Waals surface area contributed by atoms with Crippen LogP contribution in [0.3, 0.4) is 0 Å². The maximum Gasteiger partial charge on any atom is 0.241 e. The zero-order valence-electron chi connectivity index (χ0n) is 11.0. The van der Waals surface area contributed by atoms with Crippen molar-refractivity contribution in [3.63, 3.8) is 0 Å². The van der Waals surface area contributed by atoms with Gasteiger partial charge in [0.2, 0.25) is 10.0 Å². The molecule has 0 aliphatic heterocycles. The first kappa shape index (κ1) is 15.7. The van der Waals surface area contributed by atoms with E-state index in [0.29, 0.717) is 4.90 Å². The monoisotopic (exact) mass is 333 g/mol. The molecule has 1 rings (SSSR count). The molecule has 0 saturated heterocycles. The second-order valence-electron chi connectivity index (χ2n) is 4.42. The van der Waals surface area contributed by atoms with Crippen molar-refractivity contribution in [2.45, 2.75) is 51.0 Å². The van der Waals surface area contributed by atoms with Crippen LogP contribution in [0.2, 0.25) is 0 Å². The summed E-state index contributed by atoms with van der Waals surface area (Å²) in [6, 6.07) is 5.31. The molecular formula is C13H20BrNO2S. The quantitative estimate of drug-likeness (QED) is 0.864. The molecule has 1 aromatic rings. The first-order valence-corrected chi connectivity index (χ1v) is 8.46. The highest BCUT2D eigenvalue weighted by molar-refractivity contribution is 9.10. The van der Waals surface area contributed by atoms with Crippen molar-refractivity contribution in [1.29, 1.82) is 0 Å². The molecule has 1 N–H and O–H groups in total. The van der Waals surface area contributed by atoms with Gasteiger partial charge in [-0.2, -0.15) is 0 Å². The van der Waals surface area contributed by atoms with E-state index < -0.39 is 10.0 Å². The number of nitrogens with one attached hydrogen (secondary N) is 1. The van der Waals surface area contributed by atoms with Crippen LogP contribution in [0.4, 0.5) is 0 Å². The third kappa shape index (κ3) is 4.07. The summed E-state index contributed by atoms with van der Waals surface area (Å²) in [4.78, 5) is 0.353. The molecule has 0 fully saturated rings. The fourth-order valence-corrected chi connectivity index (χ4v) is 3.98. The van der Waals surface area contributed by atoms with Gasteiger partial charge < -0.3 is 0 Å². The van der Waals surface area contributed by atoms with E-state index in [2.05, 4.69) is 27.6 Å². The Bertz CT molecular complexity index is 500. The van der Waals surface area contributed by atoms with Crippen LogP contribution in [-0.2, 0) is 10.0 Å². The van der Waals surface area contributed by atoms with E-state index in [4.69, 9.17) is 0 Å². The zero-order valence-corrected chi connectivity index (χ0v) is 13.4. The Balaban J connectivity index is 3.02. The van der Waals surface area contributed by atoms with Crippen LogP contribution in [0.5, 0.6) is 0 Å². The standard InChI is InChI=1S/C13H20BrNO2S/c1-4-6-12(5-2)15-18(16,17)13-9-11(14)8-7-10(13)3/h7-9,12,15H,4-6H2,1-3H3. The van der Waals surface area contributed by atoms with Crippen molar-refractivity contribution in [3.05, 3.63) is 28.2 Å². The highest BCUT2D eigenvalue weighted by Crippen LogP contribution is 2.21. The van der Waals surface area contributed by atoms with Crippen LogP contribution in [-0.4, -0.2) is 14.5 Å². The molecule has 0 saturated carbocycles. The summed E-state index contributed by atoms with van der Waals surface area (Å²) in [7, 11) is -3.43. The third-order valence-corrected chi connectivity index (χ3v) is 5.05. The Hall–Kier alpha value is -0.390. The predicted molar refractivity (Wildman–Crippen MR) is 78.2 cm³/mol. The topological polar surface area (TPSA) is 46.2 Å². The van der Waals surface area contributed by atoms with Gasteiger partial charge in [0.1, 0.15) is 0 Å². The average Bonchev–Trinajstić information content (AvgIpc) is 2.31. The number of aryl methyl sites for hydroxylation is 1. The largest absolute Gasteiger partial charge is 0.241 e. The van der Waals surface area contributed by atoms with Gasteiger partial charge >= 0.3 is 0 Å². The van der Waals surface area contributed by atoms with Gasteiger partial charge in [-0.25, -0.2) is 13.1 Å². The average molecular weight is 334 g/mol. The molecular weight excluding hydrogens is 314 g/mol. The number of hydrogen-bond donors (Lipinski definition) is 1. The second kappa shape index (κ2) is 6.68. The Labute approximate surface area is 118 Å². The van der Waals surface area contributed by atoms with E-state index in [0.717, 1.165) is 29.3 Å². The van der Waals surface area contributed by atoms with Gasteiger partial charge in [0.25, 0.3) is 0 Å². The predicted octanol–water partition coefficient (Wildman–Crippen LogP) is 3.61. The van der Waals surface area contributed by atoms with Gasteiger partial charge in [0.15, 0.2) is 0 Å². The van der Waals surface area contributed by atoms with Gasteiger partial charge in [-0.05, 0) is 37.5 Å². The Kier molecular flexibility index (Phi) is 5.82. The fraction of sp³-hybridized carbons (Fsp3) is 0.538. The summed E-state index contributed by atoms with van der Waals surface area (Å²) in [6.45, 7) is 5.86. The minimum absolute atomic E-state index is 0.0124. The highest BCUT2D eigenvalue weighted by Gasteiger charge is 2.20. The minimum atomic E-state index is -3.43. The van der Waals surface area contributed by atoms with Crippen molar-refractivity contribution in [3.8, 4) is 0 Å². The Morgan fingerprint density at radius 2 is 2.00 bits per heavy atom. The molecule has 0 aromatic heterocycles. The lowest BCUT2D eigenvalue weighted by atomic mass is 10.1. The molecule has 0 radical (unpaired) electrons. The van der Waals surface area contributed by atoms with Crippen LogP contribution in [0, 0.1) is 6.92 Å². The summed E-state index contributed by atoms with van der Waals surface area (Å²) in [5.74, 6) is 0. The Morgan fingerprint density at radius 3 is 2.56 bits per heavy atom. The molecule has 0 heterocycles. The third-order valence-electron chi connectivity index (χ3n) is 2.89. The first-order valence-electron chi connectivity index (χ1n) is 6.19. The van der Waals surface area contributed by atoms with E-state index in [9.17, 15) is 8.42 Å². The van der Waals surface area contributed by atoms with Gasteiger partial charge in [0, 0.05) is 10.5 Å². The van der Waals surface area contributed by atoms with Crippen molar-refractivity contribution in [1.82, 2.24) is 4.72 Å². The molecule has 0 aliphatic rings. The minimum Gasteiger partial charge on any atom is -0.208 e.